The van der Waals surface area contributed by atoms with Gasteiger partial charge < -0.3 is 11.1 Å². The van der Waals surface area contributed by atoms with Crippen LogP contribution in [0.4, 0.5) is 11.4 Å². The van der Waals surface area contributed by atoms with Crippen LogP contribution in [0.5, 0.6) is 0 Å². The van der Waals surface area contributed by atoms with Gasteiger partial charge in [0.05, 0.1) is 12.0 Å². The molecule has 0 spiro atoms. The van der Waals surface area contributed by atoms with Gasteiger partial charge in [-0.25, -0.2) is 5.43 Å². The van der Waals surface area contributed by atoms with Crippen molar-refractivity contribution in [2.45, 2.75) is 20.3 Å². The molecule has 0 atom stereocenters. The van der Waals surface area contributed by atoms with E-state index in [0.29, 0.717) is 27.7 Å². The summed E-state index contributed by atoms with van der Waals surface area (Å²) in [4.78, 5) is 24.1. The molecule has 0 saturated heterocycles. The van der Waals surface area contributed by atoms with E-state index in [0.717, 1.165) is 5.56 Å². The van der Waals surface area contributed by atoms with Crippen molar-refractivity contribution in [3.8, 4) is 0 Å². The summed E-state index contributed by atoms with van der Waals surface area (Å²) >= 11 is 6.03. The second-order valence-electron chi connectivity index (χ2n) is 5.51. The SMILES string of the molecule is C/C(CC(=O)Nc1cccc(Cl)c1C)=N/NC(=O)c1ccccc1N. The maximum absolute atomic E-state index is 12.1. The molecule has 2 aromatic rings. The Morgan fingerprint density at radius 3 is 2.60 bits per heavy atom. The molecule has 0 aliphatic heterocycles. The van der Waals surface area contributed by atoms with Crippen LogP contribution in [0.15, 0.2) is 47.6 Å². The van der Waals surface area contributed by atoms with Crippen molar-refractivity contribution in [3.05, 3.63) is 58.6 Å². The fourth-order valence-corrected chi connectivity index (χ4v) is 2.29. The van der Waals surface area contributed by atoms with Crippen LogP contribution in [0, 0.1) is 6.92 Å². The standard InChI is InChI=1S/C18H19ClN4O2/c1-11(22-23-18(25)13-6-3-4-8-15(13)20)10-17(24)21-16-9-5-7-14(19)12(16)2/h3-9H,10,20H2,1-2H3,(H,21,24)(H,23,25)/b22-11-. The number of nitrogens with two attached hydrogens (primary N) is 1. The number of hydrazone groups is 1. The number of rotatable bonds is 5. The molecule has 2 amide bonds. The number of amides is 2. The third-order valence-electron chi connectivity index (χ3n) is 3.51. The van der Waals surface area contributed by atoms with E-state index in [-0.39, 0.29) is 12.3 Å². The molecule has 130 valence electrons. The molecule has 0 saturated carbocycles. The molecule has 0 unspecified atom stereocenters. The van der Waals surface area contributed by atoms with Gasteiger partial charge in [-0.1, -0.05) is 29.8 Å². The summed E-state index contributed by atoms with van der Waals surface area (Å²) in [6, 6.07) is 12.0. The van der Waals surface area contributed by atoms with Crippen LogP contribution in [0.1, 0.15) is 29.3 Å². The summed E-state index contributed by atoms with van der Waals surface area (Å²) in [6.07, 6.45) is 0.0382. The van der Waals surface area contributed by atoms with Gasteiger partial charge in [0.2, 0.25) is 5.91 Å². The zero-order valence-electron chi connectivity index (χ0n) is 14.0. The zero-order chi connectivity index (χ0) is 18.4. The zero-order valence-corrected chi connectivity index (χ0v) is 14.7. The van der Waals surface area contributed by atoms with Gasteiger partial charge >= 0.3 is 0 Å². The van der Waals surface area contributed by atoms with E-state index in [1.165, 1.54) is 0 Å². The predicted octanol–water partition coefficient (Wildman–Crippen LogP) is 3.37. The van der Waals surface area contributed by atoms with Crippen molar-refractivity contribution in [1.29, 1.82) is 0 Å². The molecule has 2 rings (SSSR count). The number of carbonyl (C=O) groups is 2. The first-order valence-corrected chi connectivity index (χ1v) is 7.99. The third kappa shape index (κ3) is 5.06. The number of hydrogen-bond acceptors (Lipinski definition) is 4. The minimum atomic E-state index is -0.427. The van der Waals surface area contributed by atoms with E-state index >= 15 is 0 Å². The molecule has 7 heteroatoms. The van der Waals surface area contributed by atoms with Crippen LogP contribution >= 0.6 is 11.6 Å². The van der Waals surface area contributed by atoms with Crippen LogP contribution in [0.3, 0.4) is 0 Å². The highest BCUT2D eigenvalue weighted by atomic mass is 35.5. The average molecular weight is 359 g/mol. The van der Waals surface area contributed by atoms with Gasteiger partial charge in [0.25, 0.3) is 5.91 Å². The summed E-state index contributed by atoms with van der Waals surface area (Å²) < 4.78 is 0. The quantitative estimate of drug-likeness (QED) is 0.434. The van der Waals surface area contributed by atoms with Crippen molar-refractivity contribution >= 4 is 40.5 Å². The molecule has 0 aliphatic carbocycles. The molecule has 0 aliphatic rings. The van der Waals surface area contributed by atoms with E-state index in [9.17, 15) is 9.59 Å². The van der Waals surface area contributed by atoms with Crippen LogP contribution in [-0.4, -0.2) is 17.5 Å². The Bertz CT molecular complexity index is 834. The summed E-state index contributed by atoms with van der Waals surface area (Å²) in [5.41, 5.74) is 10.7. The molecule has 25 heavy (non-hydrogen) atoms. The Kier molecular flexibility index (Phi) is 6.14. The lowest BCUT2D eigenvalue weighted by Gasteiger charge is -2.09. The first kappa shape index (κ1) is 18.5. The Labute approximate surface area is 151 Å². The van der Waals surface area contributed by atoms with Gasteiger partial charge in [-0.2, -0.15) is 5.10 Å². The lowest BCUT2D eigenvalue weighted by atomic mass is 10.2. The van der Waals surface area contributed by atoms with Gasteiger partial charge in [0.15, 0.2) is 0 Å². The van der Waals surface area contributed by atoms with Gasteiger partial charge in [-0.15, -0.1) is 0 Å². The fraction of sp³-hybridized carbons (Fsp3) is 0.167. The van der Waals surface area contributed by atoms with Crippen molar-refractivity contribution < 1.29 is 9.59 Å². The number of nitrogens with one attached hydrogen (secondary N) is 2. The predicted molar refractivity (Wildman–Crippen MR) is 101 cm³/mol. The number of anilines is 2. The lowest BCUT2D eigenvalue weighted by molar-refractivity contribution is -0.115. The normalized spacial score (nSPS) is 11.1. The van der Waals surface area contributed by atoms with Gasteiger partial charge in [-0.05, 0) is 43.7 Å². The van der Waals surface area contributed by atoms with Gasteiger partial charge in [-0.3, -0.25) is 9.59 Å². The van der Waals surface area contributed by atoms with Crippen LogP contribution in [0.25, 0.3) is 0 Å². The second-order valence-corrected chi connectivity index (χ2v) is 5.92. The topological polar surface area (TPSA) is 96.6 Å². The van der Waals surface area contributed by atoms with E-state index in [2.05, 4.69) is 15.8 Å². The van der Waals surface area contributed by atoms with Crippen LogP contribution < -0.4 is 16.5 Å². The Morgan fingerprint density at radius 2 is 1.88 bits per heavy atom. The summed E-state index contributed by atoms with van der Waals surface area (Å²) in [5.74, 6) is -0.677. The molecule has 0 radical (unpaired) electrons. The maximum Gasteiger partial charge on any atom is 0.273 e. The van der Waals surface area contributed by atoms with E-state index < -0.39 is 5.91 Å². The first-order chi connectivity index (χ1) is 11.9. The van der Waals surface area contributed by atoms with Crippen molar-refractivity contribution in [3.63, 3.8) is 0 Å². The minimum absolute atomic E-state index is 0.0382. The fourth-order valence-electron chi connectivity index (χ4n) is 2.12. The molecule has 0 aromatic heterocycles. The minimum Gasteiger partial charge on any atom is -0.398 e. The Morgan fingerprint density at radius 1 is 1.16 bits per heavy atom. The third-order valence-corrected chi connectivity index (χ3v) is 3.92. The van der Waals surface area contributed by atoms with Gasteiger partial charge in [0.1, 0.15) is 0 Å². The van der Waals surface area contributed by atoms with Crippen molar-refractivity contribution in [2.24, 2.45) is 5.10 Å². The van der Waals surface area contributed by atoms with Crippen LogP contribution in [-0.2, 0) is 4.79 Å². The molecule has 6 nitrogen and oxygen atoms in total. The molecule has 0 bridgehead atoms. The van der Waals surface area contributed by atoms with Gasteiger partial charge in [0, 0.05) is 22.1 Å². The van der Waals surface area contributed by atoms with E-state index in [1.54, 1.807) is 49.4 Å². The molecule has 2 aromatic carbocycles. The molecule has 0 fully saturated rings. The monoisotopic (exact) mass is 358 g/mol. The highest BCUT2D eigenvalue weighted by molar-refractivity contribution is 6.31. The summed E-state index contributed by atoms with van der Waals surface area (Å²) in [5, 5.41) is 7.29. The average Bonchev–Trinajstić information content (AvgIpc) is 2.57. The summed E-state index contributed by atoms with van der Waals surface area (Å²) in [6.45, 7) is 3.47. The largest absolute Gasteiger partial charge is 0.398 e. The number of nitrogen functional groups attached to an aromatic ring is 1. The highest BCUT2D eigenvalue weighted by Crippen LogP contribution is 2.22. The second kappa shape index (κ2) is 8.30. The number of hydrogen-bond donors (Lipinski definition) is 3. The van der Waals surface area contributed by atoms with Crippen molar-refractivity contribution in [2.75, 3.05) is 11.1 Å². The Balaban J connectivity index is 1.94. The number of benzene rings is 2. The molecular weight excluding hydrogens is 340 g/mol. The molecular formula is C18H19ClN4O2. The first-order valence-electron chi connectivity index (χ1n) is 7.61. The number of carbonyl (C=O) groups excluding carboxylic acids is 2. The summed E-state index contributed by atoms with van der Waals surface area (Å²) in [7, 11) is 0. The Hall–Kier alpha value is -2.86. The molecule has 4 N–H and O–H groups in total. The molecule has 0 heterocycles. The van der Waals surface area contributed by atoms with E-state index in [1.807, 2.05) is 6.92 Å². The highest BCUT2D eigenvalue weighted by Gasteiger charge is 2.10. The number of nitrogens with zero attached hydrogens (tertiary/aromatic N) is 1. The van der Waals surface area contributed by atoms with Crippen LogP contribution in [0.2, 0.25) is 5.02 Å². The number of halogens is 1. The van der Waals surface area contributed by atoms with E-state index in [4.69, 9.17) is 17.3 Å². The van der Waals surface area contributed by atoms with Crippen molar-refractivity contribution in [1.82, 2.24) is 5.43 Å². The maximum atomic E-state index is 12.1. The lowest BCUT2D eigenvalue weighted by Crippen LogP contribution is -2.22. The smallest absolute Gasteiger partial charge is 0.273 e. The number of para-hydroxylation sites is 1.